The van der Waals surface area contributed by atoms with Crippen molar-refractivity contribution in [2.75, 3.05) is 19.5 Å². The molecule has 14 heavy (non-hydrogen) atoms. The Balaban J connectivity index is 2.57. The van der Waals surface area contributed by atoms with Gasteiger partial charge in [0.2, 0.25) is 0 Å². The van der Waals surface area contributed by atoms with Gasteiger partial charge in [-0.25, -0.2) is 0 Å². The molecule has 1 aliphatic rings. The molecular formula is C10H14N2O2. The fraction of sp³-hybridized carbons (Fsp3) is 0.400. The molecule has 1 aromatic rings. The molecule has 0 aromatic heterocycles. The van der Waals surface area contributed by atoms with Gasteiger partial charge in [-0.15, -0.1) is 0 Å². The second kappa shape index (κ2) is 3.38. The highest BCUT2D eigenvalue weighted by Crippen LogP contribution is 2.41. The number of hydrogen-bond acceptors (Lipinski definition) is 4. The summed E-state index contributed by atoms with van der Waals surface area (Å²) >= 11 is 0. The SMILES string of the molecule is COc1ccc(N)c2c1OCC[C@H]2N. The minimum atomic E-state index is -0.0474. The smallest absolute Gasteiger partial charge is 0.167 e. The van der Waals surface area contributed by atoms with Crippen molar-refractivity contribution in [1.82, 2.24) is 0 Å². The van der Waals surface area contributed by atoms with Crippen LogP contribution in [0.2, 0.25) is 0 Å². The average molecular weight is 194 g/mol. The lowest BCUT2D eigenvalue weighted by molar-refractivity contribution is 0.253. The van der Waals surface area contributed by atoms with E-state index in [9.17, 15) is 0 Å². The highest BCUT2D eigenvalue weighted by molar-refractivity contribution is 5.62. The Bertz CT molecular complexity index is 352. The molecule has 1 heterocycles. The summed E-state index contributed by atoms with van der Waals surface area (Å²) in [7, 11) is 1.61. The molecule has 0 aliphatic carbocycles. The van der Waals surface area contributed by atoms with Crippen LogP contribution in [0.1, 0.15) is 18.0 Å². The first-order valence-corrected chi connectivity index (χ1v) is 4.58. The molecule has 0 unspecified atom stereocenters. The van der Waals surface area contributed by atoms with Crippen molar-refractivity contribution >= 4 is 5.69 Å². The first-order chi connectivity index (χ1) is 6.74. The molecule has 1 atom stereocenters. The molecule has 4 N–H and O–H groups in total. The van der Waals surface area contributed by atoms with Gasteiger partial charge in [-0.05, 0) is 12.1 Å². The molecule has 0 amide bonds. The summed E-state index contributed by atoms with van der Waals surface area (Å²) < 4.78 is 10.7. The second-order valence-corrected chi connectivity index (χ2v) is 3.34. The molecule has 0 fully saturated rings. The Morgan fingerprint density at radius 1 is 1.50 bits per heavy atom. The molecule has 1 aromatic carbocycles. The predicted octanol–water partition coefficient (Wildman–Crippen LogP) is 1.06. The summed E-state index contributed by atoms with van der Waals surface area (Å²) in [4.78, 5) is 0. The Labute approximate surface area is 82.8 Å². The number of rotatable bonds is 1. The third-order valence-electron chi connectivity index (χ3n) is 2.46. The van der Waals surface area contributed by atoms with E-state index in [0.29, 0.717) is 23.8 Å². The fourth-order valence-electron chi connectivity index (χ4n) is 1.72. The fourth-order valence-corrected chi connectivity index (χ4v) is 1.72. The third-order valence-corrected chi connectivity index (χ3v) is 2.46. The maximum Gasteiger partial charge on any atom is 0.167 e. The molecule has 0 spiro atoms. The summed E-state index contributed by atoms with van der Waals surface area (Å²) in [6, 6.07) is 3.55. The Morgan fingerprint density at radius 2 is 2.29 bits per heavy atom. The van der Waals surface area contributed by atoms with Gasteiger partial charge in [0.15, 0.2) is 11.5 Å². The minimum Gasteiger partial charge on any atom is -0.493 e. The second-order valence-electron chi connectivity index (χ2n) is 3.34. The van der Waals surface area contributed by atoms with Gasteiger partial charge in [0.1, 0.15) is 0 Å². The monoisotopic (exact) mass is 194 g/mol. The molecule has 0 saturated carbocycles. The number of fused-ring (bicyclic) bond motifs is 1. The topological polar surface area (TPSA) is 70.5 Å². The van der Waals surface area contributed by atoms with Crippen molar-refractivity contribution < 1.29 is 9.47 Å². The molecule has 1 aliphatic heterocycles. The van der Waals surface area contributed by atoms with E-state index in [1.54, 1.807) is 19.2 Å². The van der Waals surface area contributed by atoms with E-state index in [-0.39, 0.29) is 6.04 Å². The molecule has 76 valence electrons. The summed E-state index contributed by atoms with van der Waals surface area (Å²) in [5.41, 5.74) is 13.3. The maximum absolute atomic E-state index is 5.96. The summed E-state index contributed by atoms with van der Waals surface area (Å²) in [6.07, 6.45) is 0.796. The predicted molar refractivity (Wildman–Crippen MR) is 54.4 cm³/mol. The Kier molecular flexibility index (Phi) is 2.21. The average Bonchev–Trinajstić information content (AvgIpc) is 2.18. The first kappa shape index (κ1) is 9.15. The van der Waals surface area contributed by atoms with Gasteiger partial charge in [0.25, 0.3) is 0 Å². The van der Waals surface area contributed by atoms with E-state index in [1.165, 1.54) is 0 Å². The van der Waals surface area contributed by atoms with Crippen molar-refractivity contribution in [3.05, 3.63) is 17.7 Å². The number of methoxy groups -OCH3 is 1. The van der Waals surface area contributed by atoms with Crippen molar-refractivity contribution in [3.63, 3.8) is 0 Å². The van der Waals surface area contributed by atoms with Gasteiger partial charge in [0.05, 0.1) is 13.7 Å². The summed E-state index contributed by atoms with van der Waals surface area (Å²) in [5.74, 6) is 1.40. The highest BCUT2D eigenvalue weighted by Gasteiger charge is 2.23. The van der Waals surface area contributed by atoms with E-state index in [1.807, 2.05) is 0 Å². The normalized spacial score (nSPS) is 19.7. The van der Waals surface area contributed by atoms with Crippen LogP contribution in [0.15, 0.2) is 12.1 Å². The van der Waals surface area contributed by atoms with Crippen LogP contribution >= 0.6 is 0 Å². The maximum atomic E-state index is 5.96. The van der Waals surface area contributed by atoms with Gasteiger partial charge in [-0.1, -0.05) is 0 Å². The van der Waals surface area contributed by atoms with E-state index in [2.05, 4.69) is 0 Å². The zero-order valence-electron chi connectivity index (χ0n) is 8.12. The van der Waals surface area contributed by atoms with Gasteiger partial charge in [-0.3, -0.25) is 0 Å². The molecule has 2 rings (SSSR count). The molecule has 0 saturated heterocycles. The summed E-state index contributed by atoms with van der Waals surface area (Å²) in [5, 5.41) is 0. The molecule has 4 heteroatoms. The van der Waals surface area contributed by atoms with Crippen LogP contribution < -0.4 is 20.9 Å². The molecule has 0 radical (unpaired) electrons. The third kappa shape index (κ3) is 1.28. The first-order valence-electron chi connectivity index (χ1n) is 4.58. The van der Waals surface area contributed by atoms with Crippen molar-refractivity contribution in [1.29, 1.82) is 0 Å². The largest absolute Gasteiger partial charge is 0.493 e. The van der Waals surface area contributed by atoms with Crippen LogP contribution in [0.5, 0.6) is 11.5 Å². The van der Waals surface area contributed by atoms with Crippen molar-refractivity contribution in [2.24, 2.45) is 5.73 Å². The van der Waals surface area contributed by atoms with E-state index >= 15 is 0 Å². The lowest BCUT2D eigenvalue weighted by Crippen LogP contribution is -2.22. The number of nitrogens with two attached hydrogens (primary N) is 2. The number of anilines is 1. The molecule has 0 bridgehead atoms. The van der Waals surface area contributed by atoms with Gasteiger partial charge >= 0.3 is 0 Å². The number of benzene rings is 1. The minimum absolute atomic E-state index is 0.0474. The number of nitrogen functional groups attached to an aromatic ring is 1. The van der Waals surface area contributed by atoms with Gasteiger partial charge < -0.3 is 20.9 Å². The van der Waals surface area contributed by atoms with Gasteiger partial charge in [0, 0.05) is 23.7 Å². The standard InChI is InChI=1S/C10H14N2O2/c1-13-8-3-2-6(11)9-7(12)4-5-14-10(8)9/h2-3,7H,4-5,11-12H2,1H3/t7-/m1/s1. The lowest BCUT2D eigenvalue weighted by atomic mass is 9.99. The van der Waals surface area contributed by atoms with Crippen LogP contribution in [0.3, 0.4) is 0 Å². The van der Waals surface area contributed by atoms with Crippen LogP contribution in [0, 0.1) is 0 Å². The van der Waals surface area contributed by atoms with Crippen molar-refractivity contribution in [3.8, 4) is 11.5 Å². The number of hydrogen-bond donors (Lipinski definition) is 2. The van der Waals surface area contributed by atoms with E-state index in [4.69, 9.17) is 20.9 Å². The zero-order valence-corrected chi connectivity index (χ0v) is 8.12. The van der Waals surface area contributed by atoms with Crippen LogP contribution in [-0.4, -0.2) is 13.7 Å². The van der Waals surface area contributed by atoms with Crippen LogP contribution in [-0.2, 0) is 0 Å². The highest BCUT2D eigenvalue weighted by atomic mass is 16.5. The van der Waals surface area contributed by atoms with E-state index in [0.717, 1.165) is 12.0 Å². The summed E-state index contributed by atoms with van der Waals surface area (Å²) in [6.45, 7) is 0.619. The quantitative estimate of drug-likeness (QED) is 0.656. The zero-order chi connectivity index (χ0) is 10.1. The lowest BCUT2D eigenvalue weighted by Gasteiger charge is -2.25. The van der Waals surface area contributed by atoms with E-state index < -0.39 is 0 Å². The van der Waals surface area contributed by atoms with Crippen LogP contribution in [0.25, 0.3) is 0 Å². The molecular weight excluding hydrogens is 180 g/mol. The Hall–Kier alpha value is -1.42. The Morgan fingerprint density at radius 3 is 3.00 bits per heavy atom. The van der Waals surface area contributed by atoms with Gasteiger partial charge in [-0.2, -0.15) is 0 Å². The van der Waals surface area contributed by atoms with Crippen LogP contribution in [0.4, 0.5) is 5.69 Å². The number of ether oxygens (including phenoxy) is 2. The van der Waals surface area contributed by atoms with Crippen molar-refractivity contribution in [2.45, 2.75) is 12.5 Å². The molecule has 4 nitrogen and oxygen atoms in total.